The van der Waals surface area contributed by atoms with Crippen molar-refractivity contribution >= 4 is 11.5 Å². The van der Waals surface area contributed by atoms with Crippen LogP contribution in [0, 0.1) is 0 Å². The number of anilines is 2. The minimum atomic E-state index is -0.0334. The molecule has 3 atom stereocenters. The molecule has 4 heterocycles. The van der Waals surface area contributed by atoms with Gasteiger partial charge in [-0.2, -0.15) is 0 Å². The number of hydrogen-bond acceptors (Lipinski definition) is 8. The van der Waals surface area contributed by atoms with Crippen LogP contribution in [0.1, 0.15) is 26.7 Å². The van der Waals surface area contributed by atoms with Gasteiger partial charge >= 0.3 is 0 Å². The molecular formula is C23H32N6O2. The Balaban J connectivity index is 1.40. The van der Waals surface area contributed by atoms with E-state index in [1.165, 1.54) is 12.8 Å². The van der Waals surface area contributed by atoms with Crippen LogP contribution in [-0.4, -0.2) is 76.7 Å². The summed E-state index contributed by atoms with van der Waals surface area (Å²) in [7, 11) is 0. The summed E-state index contributed by atoms with van der Waals surface area (Å²) in [5, 5.41) is 22.2. The number of phenolic OH excluding ortho intramolecular Hbond substituents is 1. The zero-order valence-corrected chi connectivity index (χ0v) is 18.3. The van der Waals surface area contributed by atoms with Gasteiger partial charge in [-0.3, -0.25) is 4.90 Å². The lowest BCUT2D eigenvalue weighted by Crippen LogP contribution is -2.67. The van der Waals surface area contributed by atoms with Gasteiger partial charge in [0.25, 0.3) is 0 Å². The Morgan fingerprint density at radius 2 is 1.90 bits per heavy atom. The van der Waals surface area contributed by atoms with Crippen LogP contribution in [0.2, 0.25) is 0 Å². The van der Waals surface area contributed by atoms with Crippen molar-refractivity contribution in [3.8, 4) is 17.0 Å². The lowest BCUT2D eigenvalue weighted by molar-refractivity contribution is -0.0900. The Labute approximate surface area is 183 Å². The van der Waals surface area contributed by atoms with Crippen LogP contribution in [0.25, 0.3) is 11.3 Å². The van der Waals surface area contributed by atoms with Crippen LogP contribution in [-0.2, 0) is 4.74 Å². The molecule has 8 nitrogen and oxygen atoms in total. The van der Waals surface area contributed by atoms with Crippen LogP contribution < -0.4 is 16.0 Å². The first-order chi connectivity index (χ1) is 14.9. The molecule has 2 aromatic rings. The normalized spacial score (nSPS) is 26.9. The summed E-state index contributed by atoms with van der Waals surface area (Å²) in [6.45, 7) is 9.05. The van der Waals surface area contributed by atoms with Gasteiger partial charge in [0.2, 0.25) is 0 Å². The number of hydrogen-bond donors (Lipinski definition) is 3. The first kappa shape index (κ1) is 20.5. The number of benzene rings is 1. The van der Waals surface area contributed by atoms with Crippen molar-refractivity contribution in [2.24, 2.45) is 0 Å². The molecule has 0 saturated carbocycles. The number of nitrogens with two attached hydrogens (primary N) is 1. The first-order valence-electron chi connectivity index (χ1n) is 11.2. The van der Waals surface area contributed by atoms with E-state index in [0.717, 1.165) is 38.5 Å². The van der Waals surface area contributed by atoms with Crippen LogP contribution in [0.5, 0.6) is 5.75 Å². The van der Waals surface area contributed by atoms with E-state index in [1.54, 1.807) is 12.1 Å². The number of aromatic nitrogens is 2. The molecule has 0 aliphatic carbocycles. The minimum absolute atomic E-state index is 0.0334. The Bertz CT molecular complexity index is 931. The molecule has 3 aliphatic heterocycles. The number of morpholine rings is 1. The van der Waals surface area contributed by atoms with E-state index >= 15 is 0 Å². The maximum atomic E-state index is 10.2. The van der Waals surface area contributed by atoms with E-state index in [1.807, 2.05) is 18.2 Å². The third kappa shape index (κ3) is 3.62. The van der Waals surface area contributed by atoms with E-state index in [9.17, 15) is 5.11 Å². The number of fused-ring (bicyclic) bond motifs is 2. The molecule has 1 aromatic carbocycles. The fourth-order valence-electron chi connectivity index (χ4n) is 5.69. The van der Waals surface area contributed by atoms with E-state index in [2.05, 4.69) is 39.2 Å². The molecular weight excluding hydrogens is 392 g/mol. The predicted octanol–water partition coefficient (Wildman–Crippen LogP) is 1.85. The topological polar surface area (TPSA) is 99.8 Å². The third-order valence-corrected chi connectivity index (χ3v) is 7.19. The highest BCUT2D eigenvalue weighted by molar-refractivity contribution is 5.74. The zero-order chi connectivity index (χ0) is 21.6. The second-order valence-electron chi connectivity index (χ2n) is 9.43. The van der Waals surface area contributed by atoms with Crippen LogP contribution in [0.4, 0.5) is 11.5 Å². The van der Waals surface area contributed by atoms with Gasteiger partial charge in [-0.1, -0.05) is 12.1 Å². The summed E-state index contributed by atoms with van der Waals surface area (Å²) in [5.74, 6) is 0.631. The number of phenols is 1. The molecule has 1 aromatic heterocycles. The Morgan fingerprint density at radius 1 is 1.16 bits per heavy atom. The molecule has 2 unspecified atom stereocenters. The summed E-state index contributed by atoms with van der Waals surface area (Å²) >= 11 is 0. The van der Waals surface area contributed by atoms with Gasteiger partial charge in [-0.25, -0.2) is 0 Å². The third-order valence-electron chi connectivity index (χ3n) is 7.19. The van der Waals surface area contributed by atoms with Gasteiger partial charge in [0, 0.05) is 49.4 Å². The SMILES string of the molecule is CC(C)([C@H]1CNCCO1)N1C2CCC1CN(c1cc(-c3ccccc3O)nnc1N)C2. The van der Waals surface area contributed by atoms with Crippen LogP contribution >= 0.6 is 0 Å². The Morgan fingerprint density at radius 3 is 2.58 bits per heavy atom. The molecule has 3 saturated heterocycles. The van der Waals surface area contributed by atoms with E-state index in [0.29, 0.717) is 29.2 Å². The van der Waals surface area contributed by atoms with Gasteiger partial charge in [0.1, 0.15) is 5.75 Å². The monoisotopic (exact) mass is 424 g/mol. The van der Waals surface area contributed by atoms with E-state index < -0.39 is 0 Å². The van der Waals surface area contributed by atoms with Crippen molar-refractivity contribution in [1.82, 2.24) is 20.4 Å². The fraction of sp³-hybridized carbons (Fsp3) is 0.565. The number of nitrogens with one attached hydrogen (secondary N) is 1. The standard InChI is InChI=1S/C23H32N6O2/c1-23(2,21-12-25-9-10-31-21)29-15-7-8-16(29)14-28(13-15)19-11-18(26-27-22(19)24)17-5-3-4-6-20(17)30/h3-6,11,15-16,21,25,30H,7-10,12-14H2,1-2H3,(H2,24,27)/t15?,16?,21-/m1/s1. The highest BCUT2D eigenvalue weighted by Gasteiger charge is 2.50. The average molecular weight is 425 g/mol. The quantitative estimate of drug-likeness (QED) is 0.684. The summed E-state index contributed by atoms with van der Waals surface area (Å²) in [5.41, 5.74) is 8.44. The lowest BCUT2D eigenvalue weighted by Gasteiger charge is -2.53. The molecule has 3 aliphatic rings. The summed E-state index contributed by atoms with van der Waals surface area (Å²) in [6.07, 6.45) is 2.54. The zero-order valence-electron chi connectivity index (χ0n) is 18.3. The van der Waals surface area contributed by atoms with Gasteiger partial charge in [0.05, 0.1) is 24.1 Å². The fourth-order valence-corrected chi connectivity index (χ4v) is 5.69. The second kappa shape index (κ2) is 7.93. The molecule has 5 rings (SSSR count). The summed E-state index contributed by atoms with van der Waals surface area (Å²) in [6, 6.07) is 10.1. The number of para-hydroxylation sites is 1. The van der Waals surface area contributed by atoms with Gasteiger partial charge in [-0.05, 0) is 44.9 Å². The summed E-state index contributed by atoms with van der Waals surface area (Å²) in [4.78, 5) is 5.04. The average Bonchev–Trinajstić information content (AvgIpc) is 3.06. The maximum absolute atomic E-state index is 10.2. The van der Waals surface area contributed by atoms with Crippen molar-refractivity contribution in [2.45, 2.75) is 50.4 Å². The predicted molar refractivity (Wildman–Crippen MR) is 121 cm³/mol. The molecule has 0 radical (unpaired) electrons. The molecule has 4 N–H and O–H groups in total. The van der Waals surface area contributed by atoms with E-state index in [-0.39, 0.29) is 17.4 Å². The molecule has 8 heteroatoms. The molecule has 3 fully saturated rings. The lowest BCUT2D eigenvalue weighted by atomic mass is 9.90. The van der Waals surface area contributed by atoms with Crippen LogP contribution in [0.3, 0.4) is 0 Å². The first-order valence-corrected chi connectivity index (χ1v) is 11.2. The van der Waals surface area contributed by atoms with Crippen molar-refractivity contribution < 1.29 is 9.84 Å². The van der Waals surface area contributed by atoms with Crippen molar-refractivity contribution in [3.05, 3.63) is 30.3 Å². The smallest absolute Gasteiger partial charge is 0.169 e. The van der Waals surface area contributed by atoms with Gasteiger partial charge in [0.15, 0.2) is 5.82 Å². The Kier molecular flexibility index (Phi) is 5.24. The number of rotatable bonds is 4. The highest BCUT2D eigenvalue weighted by atomic mass is 16.5. The van der Waals surface area contributed by atoms with Crippen molar-refractivity contribution in [1.29, 1.82) is 0 Å². The largest absolute Gasteiger partial charge is 0.507 e. The summed E-state index contributed by atoms with van der Waals surface area (Å²) < 4.78 is 6.15. The van der Waals surface area contributed by atoms with Gasteiger partial charge in [-0.15, -0.1) is 10.2 Å². The van der Waals surface area contributed by atoms with Gasteiger partial charge < -0.3 is 25.8 Å². The number of nitrogen functional groups attached to an aromatic ring is 1. The van der Waals surface area contributed by atoms with E-state index in [4.69, 9.17) is 10.5 Å². The molecule has 31 heavy (non-hydrogen) atoms. The number of piperazine rings is 1. The Hall–Kier alpha value is -2.42. The number of nitrogens with zero attached hydrogens (tertiary/aromatic N) is 4. The second-order valence-corrected chi connectivity index (χ2v) is 9.43. The number of ether oxygens (including phenoxy) is 1. The number of aromatic hydroxyl groups is 1. The maximum Gasteiger partial charge on any atom is 0.169 e. The minimum Gasteiger partial charge on any atom is -0.507 e. The molecule has 0 spiro atoms. The van der Waals surface area contributed by atoms with Crippen molar-refractivity contribution in [3.63, 3.8) is 0 Å². The molecule has 2 bridgehead atoms. The molecule has 166 valence electrons. The molecule has 0 amide bonds. The van der Waals surface area contributed by atoms with Crippen molar-refractivity contribution in [2.75, 3.05) is 43.4 Å². The van der Waals surface area contributed by atoms with Crippen LogP contribution in [0.15, 0.2) is 30.3 Å². The highest BCUT2D eigenvalue weighted by Crippen LogP contribution is 2.41.